The fourth-order valence-corrected chi connectivity index (χ4v) is 3.51. The second kappa shape index (κ2) is 7.14. The molecular weight excluding hydrogens is 330 g/mol. The van der Waals surface area contributed by atoms with Crippen molar-refractivity contribution in [1.82, 2.24) is 9.88 Å². The van der Waals surface area contributed by atoms with Crippen LogP contribution in [0.3, 0.4) is 0 Å². The van der Waals surface area contributed by atoms with Crippen LogP contribution in [-0.2, 0) is 5.60 Å². The number of aromatic nitrogens is 1. The first-order valence-electron chi connectivity index (χ1n) is 8.51. The highest BCUT2D eigenvalue weighted by Gasteiger charge is 2.42. The fraction of sp³-hybridized carbons (Fsp3) is 0.350. The predicted molar refractivity (Wildman–Crippen MR) is 95.6 cm³/mol. The maximum absolute atomic E-state index is 13.0. The number of rotatable bonds is 4. The number of carbonyl (C=O) groups is 1. The van der Waals surface area contributed by atoms with Crippen molar-refractivity contribution in [2.45, 2.75) is 31.4 Å². The van der Waals surface area contributed by atoms with Crippen molar-refractivity contribution in [3.8, 4) is 11.8 Å². The van der Waals surface area contributed by atoms with Crippen LogP contribution in [0.25, 0.3) is 0 Å². The fourth-order valence-electron chi connectivity index (χ4n) is 3.51. The molecule has 2 heterocycles. The van der Waals surface area contributed by atoms with E-state index in [4.69, 9.17) is 10.00 Å². The molecule has 134 valence electrons. The Morgan fingerprint density at radius 2 is 2.12 bits per heavy atom. The first kappa shape index (κ1) is 17.9. The van der Waals surface area contributed by atoms with Gasteiger partial charge in [0.2, 0.25) is 0 Å². The number of nitrogens with zero attached hydrogens (tertiary/aromatic N) is 3. The lowest BCUT2D eigenvalue weighted by Gasteiger charge is -2.37. The smallest absolute Gasteiger partial charge is 0.254 e. The predicted octanol–water partition coefficient (Wildman–Crippen LogP) is 2.47. The van der Waals surface area contributed by atoms with Crippen molar-refractivity contribution in [1.29, 1.82) is 5.26 Å². The van der Waals surface area contributed by atoms with Gasteiger partial charge in [0, 0.05) is 18.3 Å². The van der Waals surface area contributed by atoms with Crippen molar-refractivity contribution in [2.75, 3.05) is 13.7 Å². The van der Waals surface area contributed by atoms with Gasteiger partial charge in [-0.3, -0.25) is 4.79 Å². The molecule has 0 spiro atoms. The zero-order valence-electron chi connectivity index (χ0n) is 14.8. The summed E-state index contributed by atoms with van der Waals surface area (Å²) in [6.45, 7) is 2.30. The molecule has 6 nitrogen and oxygen atoms in total. The molecule has 1 saturated heterocycles. The van der Waals surface area contributed by atoms with Gasteiger partial charge in [-0.2, -0.15) is 5.26 Å². The number of nitriles is 1. The van der Waals surface area contributed by atoms with Gasteiger partial charge in [0.1, 0.15) is 23.1 Å². The monoisotopic (exact) mass is 351 g/mol. The summed E-state index contributed by atoms with van der Waals surface area (Å²) in [4.78, 5) is 18.6. The van der Waals surface area contributed by atoms with Gasteiger partial charge in [-0.05, 0) is 49.6 Å². The molecular formula is C20H21N3O3. The molecule has 0 aliphatic carbocycles. The van der Waals surface area contributed by atoms with E-state index in [1.54, 1.807) is 37.1 Å². The van der Waals surface area contributed by atoms with Gasteiger partial charge in [-0.15, -0.1) is 0 Å². The van der Waals surface area contributed by atoms with E-state index in [0.29, 0.717) is 24.3 Å². The van der Waals surface area contributed by atoms with E-state index in [1.165, 1.54) is 12.3 Å². The second-order valence-electron chi connectivity index (χ2n) is 6.57. The minimum atomic E-state index is -1.19. The maximum atomic E-state index is 13.0. The number of aliphatic hydroxyl groups is 1. The van der Waals surface area contributed by atoms with Crippen LogP contribution < -0.4 is 4.74 Å². The van der Waals surface area contributed by atoms with Crippen LogP contribution in [0.5, 0.6) is 5.75 Å². The Hall–Kier alpha value is -2.91. The Labute approximate surface area is 152 Å². The number of hydrogen-bond donors (Lipinski definition) is 1. The largest absolute Gasteiger partial charge is 0.497 e. The first-order valence-corrected chi connectivity index (χ1v) is 8.51. The van der Waals surface area contributed by atoms with Crippen molar-refractivity contribution < 1.29 is 14.6 Å². The molecule has 1 fully saturated rings. The summed E-state index contributed by atoms with van der Waals surface area (Å²) in [5.41, 5.74) is 0.154. The summed E-state index contributed by atoms with van der Waals surface area (Å²) in [7, 11) is 1.59. The highest BCUT2D eigenvalue weighted by Crippen LogP contribution is 2.36. The van der Waals surface area contributed by atoms with Gasteiger partial charge in [0.05, 0.1) is 13.2 Å². The third-order valence-electron chi connectivity index (χ3n) is 4.96. The summed E-state index contributed by atoms with van der Waals surface area (Å²) >= 11 is 0. The number of benzene rings is 1. The Bertz CT molecular complexity index is 840. The van der Waals surface area contributed by atoms with Crippen LogP contribution in [0, 0.1) is 11.3 Å². The number of pyridine rings is 1. The zero-order chi connectivity index (χ0) is 18.7. The standard InChI is InChI=1S/C20H21N3O3/c1-20(25,15-5-7-17(26-2)8-6-15)18-4-3-11-23(18)19(24)14-9-10-22-16(12-14)13-21/h5-10,12,18,25H,3-4,11H2,1-2H3/t18-,20-/m0/s1. The summed E-state index contributed by atoms with van der Waals surface area (Å²) in [5, 5.41) is 20.2. The molecule has 1 aliphatic heterocycles. The Balaban J connectivity index is 1.88. The van der Waals surface area contributed by atoms with Crippen LogP contribution in [0.15, 0.2) is 42.6 Å². The number of hydrogen-bond acceptors (Lipinski definition) is 5. The third kappa shape index (κ3) is 3.26. The summed E-state index contributed by atoms with van der Waals surface area (Å²) in [6.07, 6.45) is 2.98. The quantitative estimate of drug-likeness (QED) is 0.914. The normalized spacial score (nSPS) is 18.8. The highest BCUT2D eigenvalue weighted by molar-refractivity contribution is 5.94. The minimum absolute atomic E-state index is 0.194. The van der Waals surface area contributed by atoms with E-state index >= 15 is 0 Å². The molecule has 0 radical (unpaired) electrons. The van der Waals surface area contributed by atoms with Gasteiger partial charge in [0.15, 0.2) is 0 Å². The summed E-state index contributed by atoms with van der Waals surface area (Å²) < 4.78 is 5.17. The Morgan fingerprint density at radius 1 is 1.38 bits per heavy atom. The van der Waals surface area contributed by atoms with Crippen molar-refractivity contribution in [3.05, 3.63) is 59.4 Å². The van der Waals surface area contributed by atoms with E-state index in [9.17, 15) is 9.90 Å². The lowest BCUT2D eigenvalue weighted by atomic mass is 9.86. The average molecular weight is 351 g/mol. The number of carbonyl (C=O) groups excluding carboxylic acids is 1. The van der Waals surface area contributed by atoms with Gasteiger partial charge >= 0.3 is 0 Å². The summed E-state index contributed by atoms with van der Waals surface area (Å²) in [6, 6.07) is 11.9. The maximum Gasteiger partial charge on any atom is 0.254 e. The van der Waals surface area contributed by atoms with Crippen LogP contribution in [0.4, 0.5) is 0 Å². The molecule has 1 aromatic heterocycles. The lowest BCUT2D eigenvalue weighted by molar-refractivity contribution is -0.0177. The van der Waals surface area contributed by atoms with Crippen molar-refractivity contribution in [2.24, 2.45) is 0 Å². The van der Waals surface area contributed by atoms with E-state index < -0.39 is 5.60 Å². The van der Waals surface area contributed by atoms with E-state index in [0.717, 1.165) is 12.0 Å². The van der Waals surface area contributed by atoms with E-state index in [-0.39, 0.29) is 17.6 Å². The number of methoxy groups -OCH3 is 1. The SMILES string of the molecule is COc1ccc([C@](C)(O)[C@@H]2CCCN2C(=O)c2ccnc(C#N)c2)cc1. The van der Waals surface area contributed by atoms with Crippen LogP contribution >= 0.6 is 0 Å². The molecule has 6 heteroatoms. The molecule has 0 unspecified atom stereocenters. The summed E-state index contributed by atoms with van der Waals surface area (Å²) in [5.74, 6) is 0.518. The van der Waals surface area contributed by atoms with E-state index in [2.05, 4.69) is 4.98 Å². The second-order valence-corrected chi connectivity index (χ2v) is 6.57. The molecule has 26 heavy (non-hydrogen) atoms. The van der Waals surface area contributed by atoms with Crippen molar-refractivity contribution in [3.63, 3.8) is 0 Å². The number of likely N-dealkylation sites (tertiary alicyclic amines) is 1. The van der Waals surface area contributed by atoms with Crippen molar-refractivity contribution >= 4 is 5.91 Å². The lowest BCUT2D eigenvalue weighted by Crippen LogP contribution is -2.48. The van der Waals surface area contributed by atoms with Crippen LogP contribution in [0.2, 0.25) is 0 Å². The molecule has 1 aliphatic rings. The molecule has 2 aromatic rings. The zero-order valence-corrected chi connectivity index (χ0v) is 14.8. The van der Waals surface area contributed by atoms with Gasteiger partial charge in [0.25, 0.3) is 5.91 Å². The van der Waals surface area contributed by atoms with Crippen LogP contribution in [-0.4, -0.2) is 40.6 Å². The third-order valence-corrected chi connectivity index (χ3v) is 4.96. The molecule has 1 amide bonds. The molecule has 0 saturated carbocycles. The molecule has 0 bridgehead atoms. The molecule has 1 aromatic carbocycles. The Kier molecular flexibility index (Phi) is 4.92. The van der Waals surface area contributed by atoms with Gasteiger partial charge in [-0.25, -0.2) is 4.98 Å². The Morgan fingerprint density at radius 3 is 2.77 bits per heavy atom. The topological polar surface area (TPSA) is 86.5 Å². The highest BCUT2D eigenvalue weighted by atomic mass is 16.5. The molecule has 3 rings (SSSR count). The van der Waals surface area contributed by atoms with Gasteiger partial charge in [-0.1, -0.05) is 12.1 Å². The van der Waals surface area contributed by atoms with Crippen LogP contribution in [0.1, 0.15) is 41.4 Å². The first-order chi connectivity index (χ1) is 12.5. The molecule has 2 atom stereocenters. The number of amides is 1. The minimum Gasteiger partial charge on any atom is -0.497 e. The molecule has 1 N–H and O–H groups in total. The van der Waals surface area contributed by atoms with E-state index in [1.807, 2.05) is 18.2 Å². The average Bonchev–Trinajstić information content (AvgIpc) is 3.18. The number of ether oxygens (including phenoxy) is 1. The van der Waals surface area contributed by atoms with Gasteiger partial charge < -0.3 is 14.7 Å².